The van der Waals surface area contributed by atoms with E-state index in [4.69, 9.17) is 0 Å². The molecule has 1 aliphatic carbocycles. The SMILES string of the molecule is CC(=O)C1=CC=CC[C@@H]1F.CF. The van der Waals surface area contributed by atoms with Crippen molar-refractivity contribution in [2.24, 2.45) is 0 Å². The van der Waals surface area contributed by atoms with Crippen molar-refractivity contribution in [3.63, 3.8) is 0 Å². The quantitative estimate of drug-likeness (QED) is 0.596. The highest BCUT2D eigenvalue weighted by molar-refractivity contribution is 5.94. The zero-order valence-electron chi connectivity index (χ0n) is 7.18. The third-order valence-electron chi connectivity index (χ3n) is 1.50. The number of rotatable bonds is 1. The topological polar surface area (TPSA) is 17.1 Å². The van der Waals surface area contributed by atoms with Gasteiger partial charge in [-0.25, -0.2) is 4.39 Å². The Hall–Kier alpha value is -0.990. The van der Waals surface area contributed by atoms with Crippen molar-refractivity contribution in [3.8, 4) is 0 Å². The lowest BCUT2D eigenvalue weighted by molar-refractivity contribution is -0.114. The number of hydrogen-bond acceptors (Lipinski definition) is 1. The molecule has 0 amide bonds. The van der Waals surface area contributed by atoms with Gasteiger partial charge in [0.15, 0.2) is 5.78 Å². The molecule has 3 heteroatoms. The van der Waals surface area contributed by atoms with Gasteiger partial charge in [-0.2, -0.15) is 0 Å². The highest BCUT2D eigenvalue weighted by Gasteiger charge is 2.16. The monoisotopic (exact) mass is 174 g/mol. The van der Waals surface area contributed by atoms with Crippen LogP contribution in [0.1, 0.15) is 13.3 Å². The van der Waals surface area contributed by atoms with Crippen molar-refractivity contribution in [1.29, 1.82) is 0 Å². The van der Waals surface area contributed by atoms with Crippen molar-refractivity contribution in [2.75, 3.05) is 7.18 Å². The summed E-state index contributed by atoms with van der Waals surface area (Å²) >= 11 is 0. The Morgan fingerprint density at radius 3 is 2.50 bits per heavy atom. The Morgan fingerprint density at radius 2 is 2.17 bits per heavy atom. The molecule has 0 fully saturated rings. The highest BCUT2D eigenvalue weighted by atomic mass is 19.1. The summed E-state index contributed by atoms with van der Waals surface area (Å²) < 4.78 is 22.3. The third kappa shape index (κ3) is 2.95. The molecule has 12 heavy (non-hydrogen) atoms. The number of alkyl halides is 2. The maximum atomic E-state index is 12.8. The second kappa shape index (κ2) is 5.63. The fraction of sp³-hybridized carbons (Fsp3) is 0.444. The van der Waals surface area contributed by atoms with Crippen molar-refractivity contribution < 1.29 is 13.6 Å². The van der Waals surface area contributed by atoms with E-state index in [2.05, 4.69) is 0 Å². The number of allylic oxidation sites excluding steroid dienone is 4. The lowest BCUT2D eigenvalue weighted by Crippen LogP contribution is -2.12. The summed E-state index contributed by atoms with van der Waals surface area (Å²) in [5.41, 5.74) is 0.294. The molecule has 68 valence electrons. The molecule has 1 rings (SSSR count). The van der Waals surface area contributed by atoms with Crippen molar-refractivity contribution in [1.82, 2.24) is 0 Å². The van der Waals surface area contributed by atoms with Gasteiger partial charge in [0.25, 0.3) is 0 Å². The Labute approximate surface area is 70.8 Å². The maximum absolute atomic E-state index is 12.8. The Morgan fingerprint density at radius 1 is 1.58 bits per heavy atom. The van der Waals surface area contributed by atoms with Gasteiger partial charge in [0.05, 0.1) is 7.18 Å². The van der Waals surface area contributed by atoms with Gasteiger partial charge >= 0.3 is 0 Å². The molecule has 0 N–H and O–H groups in total. The number of Topliss-reactive ketones (excluding diaryl/α,β-unsaturated/α-hetero) is 1. The van der Waals surface area contributed by atoms with Crippen molar-refractivity contribution >= 4 is 5.78 Å². The van der Waals surface area contributed by atoms with E-state index in [1.54, 1.807) is 12.2 Å². The van der Waals surface area contributed by atoms with E-state index in [1.165, 1.54) is 13.0 Å². The van der Waals surface area contributed by atoms with Crippen molar-refractivity contribution in [2.45, 2.75) is 19.5 Å². The van der Waals surface area contributed by atoms with Gasteiger partial charge in [-0.05, 0) is 6.92 Å². The van der Waals surface area contributed by atoms with Gasteiger partial charge in [0.2, 0.25) is 0 Å². The summed E-state index contributed by atoms with van der Waals surface area (Å²) in [6.07, 6.45) is 4.23. The molecular formula is C9H12F2O. The summed E-state index contributed by atoms with van der Waals surface area (Å²) in [6, 6.07) is 0. The summed E-state index contributed by atoms with van der Waals surface area (Å²) in [6.45, 7) is 1.39. The maximum Gasteiger partial charge on any atom is 0.158 e. The minimum absolute atomic E-state index is 0.170. The minimum Gasteiger partial charge on any atom is -0.295 e. The molecule has 0 bridgehead atoms. The Balaban J connectivity index is 0.000000561. The zero-order valence-corrected chi connectivity index (χ0v) is 7.18. The fourth-order valence-corrected chi connectivity index (χ4v) is 0.939. The van der Waals surface area contributed by atoms with Crippen LogP contribution in [0.25, 0.3) is 0 Å². The van der Waals surface area contributed by atoms with Gasteiger partial charge in [0.1, 0.15) is 6.17 Å². The molecule has 0 heterocycles. The number of carbonyl (C=O) groups is 1. The number of carbonyl (C=O) groups excluding carboxylic acids is 1. The van der Waals surface area contributed by atoms with Crippen LogP contribution in [0.15, 0.2) is 23.8 Å². The normalized spacial score (nSPS) is 20.7. The van der Waals surface area contributed by atoms with Crippen molar-refractivity contribution in [3.05, 3.63) is 23.8 Å². The lowest BCUT2D eigenvalue weighted by atomic mass is 10.0. The van der Waals surface area contributed by atoms with Crippen LogP contribution >= 0.6 is 0 Å². The number of ketones is 1. The third-order valence-corrected chi connectivity index (χ3v) is 1.50. The average Bonchev–Trinajstić information content (AvgIpc) is 2.08. The van der Waals surface area contributed by atoms with E-state index in [0.717, 1.165) is 0 Å². The molecular weight excluding hydrogens is 162 g/mol. The molecule has 0 aromatic rings. The van der Waals surface area contributed by atoms with Crippen LogP contribution < -0.4 is 0 Å². The first-order valence-electron chi connectivity index (χ1n) is 3.61. The van der Waals surface area contributed by atoms with Gasteiger partial charge in [-0.3, -0.25) is 9.18 Å². The van der Waals surface area contributed by atoms with Gasteiger partial charge in [0, 0.05) is 12.0 Å². The summed E-state index contributed by atoms with van der Waals surface area (Å²) in [5.74, 6) is -0.170. The smallest absolute Gasteiger partial charge is 0.158 e. The molecule has 0 aliphatic heterocycles. The number of hydrogen-bond donors (Lipinski definition) is 0. The molecule has 1 atom stereocenters. The molecule has 0 spiro atoms. The summed E-state index contributed by atoms with van der Waals surface area (Å²) in [4.78, 5) is 10.7. The van der Waals surface area contributed by atoms with E-state index >= 15 is 0 Å². The number of halogens is 2. The van der Waals surface area contributed by atoms with E-state index in [-0.39, 0.29) is 5.78 Å². The van der Waals surface area contributed by atoms with Gasteiger partial charge in [-0.15, -0.1) is 0 Å². The first-order chi connectivity index (χ1) is 5.72. The second-order valence-electron chi connectivity index (χ2n) is 2.31. The van der Waals surface area contributed by atoms with Crippen LogP contribution in [0.5, 0.6) is 0 Å². The summed E-state index contributed by atoms with van der Waals surface area (Å²) in [7, 11) is 0.500. The largest absolute Gasteiger partial charge is 0.295 e. The van der Waals surface area contributed by atoms with E-state index in [9.17, 15) is 13.6 Å². The van der Waals surface area contributed by atoms with Gasteiger partial charge < -0.3 is 0 Å². The Bertz CT molecular complexity index is 207. The van der Waals surface area contributed by atoms with Crippen LogP contribution in [-0.4, -0.2) is 19.1 Å². The van der Waals surface area contributed by atoms with Crippen LogP contribution in [0, 0.1) is 0 Å². The molecule has 0 unspecified atom stereocenters. The molecule has 0 saturated heterocycles. The highest BCUT2D eigenvalue weighted by Crippen LogP contribution is 2.16. The lowest BCUT2D eigenvalue weighted by Gasteiger charge is -2.09. The molecule has 1 nitrogen and oxygen atoms in total. The first kappa shape index (κ1) is 11.0. The zero-order chi connectivity index (χ0) is 9.56. The molecule has 0 aromatic carbocycles. The molecule has 0 saturated carbocycles. The van der Waals surface area contributed by atoms with E-state index in [0.29, 0.717) is 19.2 Å². The summed E-state index contributed by atoms with van der Waals surface area (Å²) in [5, 5.41) is 0. The molecule has 0 radical (unpaired) electrons. The minimum atomic E-state index is -1.08. The second-order valence-corrected chi connectivity index (χ2v) is 2.31. The van der Waals surface area contributed by atoms with Gasteiger partial charge in [-0.1, -0.05) is 18.2 Å². The van der Waals surface area contributed by atoms with Crippen LogP contribution in [0.3, 0.4) is 0 Å². The van der Waals surface area contributed by atoms with Crippen LogP contribution in [0.4, 0.5) is 8.78 Å². The van der Waals surface area contributed by atoms with E-state index in [1.807, 2.05) is 0 Å². The average molecular weight is 174 g/mol. The standard InChI is InChI=1S/C8H9FO.CH3F/c1-6(10)7-4-2-3-5-8(7)9;1-2/h2-4,8H,5H2,1H3;1H3/t8-;/m0./s1. The predicted octanol–water partition coefficient (Wildman–Crippen LogP) is 2.39. The first-order valence-corrected chi connectivity index (χ1v) is 3.61. The predicted molar refractivity (Wildman–Crippen MR) is 44.4 cm³/mol. The molecule has 1 aliphatic rings. The van der Waals surface area contributed by atoms with Crippen LogP contribution in [-0.2, 0) is 4.79 Å². The van der Waals surface area contributed by atoms with Crippen LogP contribution in [0.2, 0.25) is 0 Å². The molecule has 0 aromatic heterocycles. The van der Waals surface area contributed by atoms with E-state index < -0.39 is 6.17 Å². The Kier molecular flexibility index (Phi) is 5.17. The fourth-order valence-electron chi connectivity index (χ4n) is 0.939.